The van der Waals surface area contributed by atoms with Gasteiger partial charge in [-0.2, -0.15) is 0 Å². The molecule has 1 saturated heterocycles. The zero-order valence-electron chi connectivity index (χ0n) is 10.1. The first kappa shape index (κ1) is 13.4. The Balaban J connectivity index is 2.07. The second kappa shape index (κ2) is 5.31. The quantitative estimate of drug-likeness (QED) is 0.779. The average molecular weight is 280 g/mol. The molecule has 2 amide bonds. The number of benzene rings is 1. The normalized spacial score (nSPS) is 17.9. The number of hydrogen-bond donors (Lipinski definition) is 3. The molecule has 1 heterocycles. The van der Waals surface area contributed by atoms with E-state index in [9.17, 15) is 14.4 Å². The van der Waals surface area contributed by atoms with Gasteiger partial charge in [0.15, 0.2) is 0 Å². The lowest BCUT2D eigenvalue weighted by atomic mass is 10.1. The molecule has 0 aromatic heterocycles. The Morgan fingerprint density at radius 2 is 2.21 bits per heavy atom. The van der Waals surface area contributed by atoms with Crippen molar-refractivity contribution in [2.24, 2.45) is 0 Å². The Morgan fingerprint density at radius 3 is 2.74 bits per heavy atom. The molecule has 1 aliphatic rings. The van der Waals surface area contributed by atoms with Crippen LogP contribution in [0.25, 0.3) is 0 Å². The molecule has 0 radical (unpaired) electrons. The van der Waals surface area contributed by atoms with Gasteiger partial charge in [-0.25, -0.2) is 4.79 Å². The van der Waals surface area contributed by atoms with Crippen LogP contribution in [-0.2, 0) is 4.79 Å². The maximum Gasteiger partial charge on any atom is 0.335 e. The molecule has 1 atom stereocenters. The van der Waals surface area contributed by atoms with Crippen molar-refractivity contribution in [2.45, 2.75) is 13.0 Å². The third-order valence-corrected chi connectivity index (χ3v) is 3.59. The molecule has 2 rings (SSSR count). The van der Waals surface area contributed by atoms with E-state index in [0.717, 1.165) is 11.8 Å². The van der Waals surface area contributed by atoms with Crippen LogP contribution in [0, 0.1) is 6.92 Å². The van der Waals surface area contributed by atoms with E-state index >= 15 is 0 Å². The van der Waals surface area contributed by atoms with Gasteiger partial charge in [-0.05, 0) is 30.7 Å². The minimum absolute atomic E-state index is 0.197. The van der Waals surface area contributed by atoms with Gasteiger partial charge in [-0.1, -0.05) is 11.8 Å². The highest BCUT2D eigenvalue weighted by atomic mass is 32.2. The van der Waals surface area contributed by atoms with Gasteiger partial charge in [0.1, 0.15) is 6.04 Å². The van der Waals surface area contributed by atoms with Gasteiger partial charge in [-0.3, -0.25) is 9.59 Å². The highest BCUT2D eigenvalue weighted by Crippen LogP contribution is 2.18. The number of hydrogen-bond acceptors (Lipinski definition) is 4. The Hall–Kier alpha value is -2.02. The van der Waals surface area contributed by atoms with Crippen LogP contribution in [0.4, 0.5) is 10.5 Å². The van der Waals surface area contributed by atoms with Crippen LogP contribution >= 0.6 is 11.8 Å². The number of anilines is 1. The van der Waals surface area contributed by atoms with Gasteiger partial charge >= 0.3 is 5.97 Å². The molecule has 100 valence electrons. The minimum atomic E-state index is -1.00. The molecule has 6 nitrogen and oxygen atoms in total. The van der Waals surface area contributed by atoms with Crippen LogP contribution in [0.2, 0.25) is 0 Å². The summed E-state index contributed by atoms with van der Waals surface area (Å²) in [6, 6.07) is 4.01. The lowest BCUT2D eigenvalue weighted by Crippen LogP contribution is -2.38. The van der Waals surface area contributed by atoms with Crippen molar-refractivity contribution in [3.8, 4) is 0 Å². The van der Waals surface area contributed by atoms with Gasteiger partial charge in [0.25, 0.3) is 5.24 Å². The summed E-state index contributed by atoms with van der Waals surface area (Å²) in [6.07, 6.45) is 0. The molecule has 3 N–H and O–H groups in total. The average Bonchev–Trinajstić information content (AvgIpc) is 2.75. The molecule has 19 heavy (non-hydrogen) atoms. The van der Waals surface area contributed by atoms with Crippen molar-refractivity contribution in [3.05, 3.63) is 29.3 Å². The summed E-state index contributed by atoms with van der Waals surface area (Å²) >= 11 is 1.07. The molecule has 1 aliphatic heterocycles. The highest BCUT2D eigenvalue weighted by Gasteiger charge is 2.28. The fourth-order valence-corrected chi connectivity index (χ4v) is 2.51. The zero-order valence-corrected chi connectivity index (χ0v) is 10.9. The Labute approximate surface area is 113 Å². The van der Waals surface area contributed by atoms with E-state index in [4.69, 9.17) is 5.11 Å². The van der Waals surface area contributed by atoms with Crippen molar-refractivity contribution in [3.63, 3.8) is 0 Å². The number of aryl methyl sites for hydroxylation is 1. The maximum absolute atomic E-state index is 11.8. The summed E-state index contributed by atoms with van der Waals surface area (Å²) in [5.41, 5.74) is 1.27. The molecular weight excluding hydrogens is 268 g/mol. The first-order valence-electron chi connectivity index (χ1n) is 5.55. The number of thioether (sulfide) groups is 1. The van der Waals surface area contributed by atoms with E-state index in [-0.39, 0.29) is 16.7 Å². The van der Waals surface area contributed by atoms with Crippen LogP contribution in [-0.4, -0.2) is 34.0 Å². The molecule has 0 aliphatic carbocycles. The van der Waals surface area contributed by atoms with Crippen molar-refractivity contribution in [2.75, 3.05) is 11.1 Å². The lowest BCUT2D eigenvalue weighted by molar-refractivity contribution is -0.117. The molecule has 0 spiro atoms. The fraction of sp³-hybridized carbons (Fsp3) is 0.250. The molecule has 0 bridgehead atoms. The summed E-state index contributed by atoms with van der Waals surface area (Å²) < 4.78 is 0. The van der Waals surface area contributed by atoms with Crippen molar-refractivity contribution >= 4 is 34.6 Å². The Morgan fingerprint density at radius 1 is 1.47 bits per heavy atom. The number of rotatable bonds is 3. The van der Waals surface area contributed by atoms with Crippen LogP contribution in [0.15, 0.2) is 18.2 Å². The Bertz CT molecular complexity index is 559. The molecule has 0 saturated carbocycles. The number of nitrogens with one attached hydrogen (secondary N) is 2. The summed E-state index contributed by atoms with van der Waals surface area (Å²) in [4.78, 5) is 33.7. The standard InChI is InChI=1S/C12H12N2O4S/c1-6-4-7(2-3-8(6)11(16)17)13-10(15)9-5-19-12(18)14-9/h2-4,9H,5H2,1H3,(H,13,15)(H,14,18)(H,16,17). The summed E-state index contributed by atoms with van der Waals surface area (Å²) in [5, 5.41) is 13.9. The largest absolute Gasteiger partial charge is 0.478 e. The van der Waals surface area contributed by atoms with E-state index in [1.165, 1.54) is 12.1 Å². The molecule has 1 unspecified atom stereocenters. The van der Waals surface area contributed by atoms with Crippen LogP contribution < -0.4 is 10.6 Å². The van der Waals surface area contributed by atoms with Gasteiger partial charge < -0.3 is 15.7 Å². The predicted octanol–water partition coefficient (Wildman–Crippen LogP) is 1.46. The van der Waals surface area contributed by atoms with Gasteiger partial charge in [0.05, 0.1) is 5.56 Å². The van der Waals surface area contributed by atoms with Gasteiger partial charge in [0, 0.05) is 11.4 Å². The maximum atomic E-state index is 11.8. The summed E-state index contributed by atoms with van der Waals surface area (Å²) in [5.74, 6) is -0.910. The van der Waals surface area contributed by atoms with Crippen LogP contribution in [0.1, 0.15) is 15.9 Å². The number of amides is 2. The number of carbonyl (C=O) groups excluding carboxylic acids is 2. The molecule has 7 heteroatoms. The molecular formula is C12H12N2O4S. The van der Waals surface area contributed by atoms with Crippen molar-refractivity contribution in [1.29, 1.82) is 0 Å². The summed E-state index contributed by atoms with van der Waals surface area (Å²) in [7, 11) is 0. The fourth-order valence-electron chi connectivity index (χ4n) is 1.74. The topological polar surface area (TPSA) is 95.5 Å². The smallest absolute Gasteiger partial charge is 0.335 e. The second-order valence-electron chi connectivity index (χ2n) is 4.12. The zero-order chi connectivity index (χ0) is 14.0. The first-order chi connectivity index (χ1) is 8.97. The SMILES string of the molecule is Cc1cc(NC(=O)C2CSC(=O)N2)ccc1C(=O)O. The number of carbonyl (C=O) groups is 3. The first-order valence-corrected chi connectivity index (χ1v) is 6.54. The third kappa shape index (κ3) is 3.05. The van der Waals surface area contributed by atoms with Gasteiger partial charge in [0.2, 0.25) is 5.91 Å². The van der Waals surface area contributed by atoms with Crippen LogP contribution in [0.5, 0.6) is 0 Å². The molecule has 1 aromatic rings. The lowest BCUT2D eigenvalue weighted by Gasteiger charge is -2.11. The van der Waals surface area contributed by atoms with Crippen molar-refractivity contribution in [1.82, 2.24) is 5.32 Å². The predicted molar refractivity (Wildman–Crippen MR) is 71.5 cm³/mol. The van der Waals surface area contributed by atoms with E-state index in [2.05, 4.69) is 10.6 Å². The highest BCUT2D eigenvalue weighted by molar-refractivity contribution is 8.14. The van der Waals surface area contributed by atoms with E-state index in [1.807, 2.05) is 0 Å². The van der Waals surface area contributed by atoms with Gasteiger partial charge in [-0.15, -0.1) is 0 Å². The number of carboxylic acid groups (broad SMARTS) is 1. The molecule has 1 aromatic carbocycles. The minimum Gasteiger partial charge on any atom is -0.478 e. The van der Waals surface area contributed by atoms with E-state index in [0.29, 0.717) is 17.0 Å². The summed E-state index contributed by atoms with van der Waals surface area (Å²) in [6.45, 7) is 1.66. The number of carboxylic acids is 1. The monoisotopic (exact) mass is 280 g/mol. The molecule has 1 fully saturated rings. The second-order valence-corrected chi connectivity index (χ2v) is 5.11. The third-order valence-electron chi connectivity index (χ3n) is 2.71. The van der Waals surface area contributed by atoms with Crippen LogP contribution in [0.3, 0.4) is 0 Å². The van der Waals surface area contributed by atoms with E-state index < -0.39 is 12.0 Å². The number of aromatic carboxylic acids is 1. The van der Waals surface area contributed by atoms with Crippen molar-refractivity contribution < 1.29 is 19.5 Å². The van der Waals surface area contributed by atoms with E-state index in [1.54, 1.807) is 13.0 Å². The Kier molecular flexibility index (Phi) is 3.75.